The van der Waals surface area contributed by atoms with Crippen LogP contribution in [0.5, 0.6) is 17.2 Å². The van der Waals surface area contributed by atoms with E-state index in [9.17, 15) is 9.18 Å². The fourth-order valence-electron chi connectivity index (χ4n) is 2.43. The van der Waals surface area contributed by atoms with Crippen molar-refractivity contribution in [3.8, 4) is 17.2 Å². The molecule has 0 unspecified atom stereocenters. The van der Waals surface area contributed by atoms with Gasteiger partial charge >= 0.3 is 0 Å². The van der Waals surface area contributed by atoms with Gasteiger partial charge in [-0.05, 0) is 48.4 Å². The van der Waals surface area contributed by atoms with Gasteiger partial charge in [0, 0.05) is 13.5 Å². The first-order valence-corrected chi connectivity index (χ1v) is 8.36. The lowest BCUT2D eigenvalue weighted by Gasteiger charge is -2.18. The van der Waals surface area contributed by atoms with E-state index in [0.29, 0.717) is 43.2 Å². The summed E-state index contributed by atoms with van der Waals surface area (Å²) in [7, 11) is 4.91. The van der Waals surface area contributed by atoms with E-state index >= 15 is 0 Å². The van der Waals surface area contributed by atoms with Crippen LogP contribution >= 0.6 is 0 Å². The highest BCUT2D eigenvalue weighted by Crippen LogP contribution is 2.28. The first-order valence-electron chi connectivity index (χ1n) is 8.36. The fourth-order valence-corrected chi connectivity index (χ4v) is 2.43. The van der Waals surface area contributed by atoms with Crippen molar-refractivity contribution in [1.29, 1.82) is 0 Å². The summed E-state index contributed by atoms with van der Waals surface area (Å²) in [6, 6.07) is 11.4. The number of ether oxygens (including phenoxy) is 3. The lowest BCUT2D eigenvalue weighted by atomic mass is 10.1. The number of rotatable bonds is 9. The molecule has 1 amide bonds. The Kier molecular flexibility index (Phi) is 7.26. The van der Waals surface area contributed by atoms with Gasteiger partial charge in [-0.1, -0.05) is 6.07 Å². The average Bonchev–Trinajstić information content (AvgIpc) is 2.67. The normalized spacial score (nSPS) is 10.3. The minimum Gasteiger partial charge on any atom is -0.493 e. The predicted molar refractivity (Wildman–Crippen MR) is 97.4 cm³/mol. The third kappa shape index (κ3) is 5.65. The van der Waals surface area contributed by atoms with Crippen molar-refractivity contribution >= 4 is 5.91 Å². The number of hydrogen-bond acceptors (Lipinski definition) is 4. The van der Waals surface area contributed by atoms with Crippen molar-refractivity contribution in [3.05, 3.63) is 53.8 Å². The summed E-state index contributed by atoms with van der Waals surface area (Å²) in [5, 5.41) is 0. The van der Waals surface area contributed by atoms with Gasteiger partial charge in [-0.25, -0.2) is 4.39 Å². The zero-order chi connectivity index (χ0) is 18.9. The monoisotopic (exact) mass is 361 g/mol. The maximum absolute atomic E-state index is 12.8. The van der Waals surface area contributed by atoms with Gasteiger partial charge in [0.2, 0.25) is 5.91 Å². The van der Waals surface area contributed by atoms with E-state index in [4.69, 9.17) is 14.2 Å². The Hall–Kier alpha value is -2.76. The molecule has 0 saturated carbocycles. The molecule has 0 radical (unpaired) electrons. The number of carbonyl (C=O) groups excluding carboxylic acids is 1. The van der Waals surface area contributed by atoms with E-state index in [-0.39, 0.29) is 11.7 Å². The molecule has 26 heavy (non-hydrogen) atoms. The first-order chi connectivity index (χ1) is 12.5. The average molecular weight is 361 g/mol. The maximum atomic E-state index is 12.8. The summed E-state index contributed by atoms with van der Waals surface area (Å²) in [6.45, 7) is 0.812. The highest BCUT2D eigenvalue weighted by atomic mass is 19.1. The van der Waals surface area contributed by atoms with Crippen LogP contribution in [-0.2, 0) is 11.2 Å². The van der Waals surface area contributed by atoms with Crippen LogP contribution in [0.15, 0.2) is 42.5 Å². The lowest BCUT2D eigenvalue weighted by Crippen LogP contribution is -2.31. The van der Waals surface area contributed by atoms with E-state index in [1.54, 1.807) is 38.3 Å². The minimum atomic E-state index is -0.306. The summed E-state index contributed by atoms with van der Waals surface area (Å²) in [5.74, 6) is 1.62. The van der Waals surface area contributed by atoms with Crippen molar-refractivity contribution in [2.75, 3.05) is 34.4 Å². The molecule has 5 nitrogen and oxygen atoms in total. The van der Waals surface area contributed by atoms with E-state index in [1.807, 2.05) is 18.2 Å². The molecule has 2 aromatic carbocycles. The van der Waals surface area contributed by atoms with Crippen molar-refractivity contribution in [2.45, 2.75) is 12.8 Å². The van der Waals surface area contributed by atoms with E-state index in [2.05, 4.69) is 0 Å². The summed E-state index contributed by atoms with van der Waals surface area (Å²) < 4.78 is 28.8. The Morgan fingerprint density at radius 1 is 1.04 bits per heavy atom. The summed E-state index contributed by atoms with van der Waals surface area (Å²) >= 11 is 0. The summed E-state index contributed by atoms with van der Waals surface area (Å²) in [5.41, 5.74) is 1.01. The number of methoxy groups -OCH3 is 2. The van der Waals surface area contributed by atoms with Crippen LogP contribution in [0, 0.1) is 5.82 Å². The molecular weight excluding hydrogens is 337 g/mol. The molecule has 0 fully saturated rings. The second-order valence-electron chi connectivity index (χ2n) is 5.81. The van der Waals surface area contributed by atoms with Crippen molar-refractivity contribution in [1.82, 2.24) is 4.90 Å². The van der Waals surface area contributed by atoms with E-state index < -0.39 is 0 Å². The minimum absolute atomic E-state index is 0.0301. The molecular formula is C20H24FNO4. The molecule has 0 spiro atoms. The van der Waals surface area contributed by atoms with Crippen LogP contribution in [0.4, 0.5) is 4.39 Å². The predicted octanol–water partition coefficient (Wildman–Crippen LogP) is 3.31. The molecule has 0 aromatic heterocycles. The SMILES string of the molecule is COc1ccc(CCC(=O)N(C)CCOc2ccc(F)cc2)cc1OC. The van der Waals surface area contributed by atoms with Crippen LogP contribution < -0.4 is 14.2 Å². The first kappa shape index (κ1) is 19.6. The third-order valence-electron chi connectivity index (χ3n) is 4.01. The maximum Gasteiger partial charge on any atom is 0.222 e. The van der Waals surface area contributed by atoms with E-state index in [1.165, 1.54) is 12.1 Å². The topological polar surface area (TPSA) is 48.0 Å². The smallest absolute Gasteiger partial charge is 0.222 e. The van der Waals surface area contributed by atoms with Crippen LogP contribution in [0.1, 0.15) is 12.0 Å². The van der Waals surface area contributed by atoms with Gasteiger partial charge in [-0.3, -0.25) is 4.79 Å². The van der Waals surface area contributed by atoms with Gasteiger partial charge in [-0.15, -0.1) is 0 Å². The number of likely N-dealkylation sites (N-methyl/N-ethyl adjacent to an activating group) is 1. The van der Waals surface area contributed by atoms with E-state index in [0.717, 1.165) is 5.56 Å². The Balaban J connectivity index is 1.77. The Labute approximate surface area is 153 Å². The molecule has 0 heterocycles. The zero-order valence-electron chi connectivity index (χ0n) is 15.3. The van der Waals surface area contributed by atoms with Crippen LogP contribution in [0.25, 0.3) is 0 Å². The number of halogens is 1. The fraction of sp³-hybridized carbons (Fsp3) is 0.350. The second kappa shape index (κ2) is 9.65. The largest absolute Gasteiger partial charge is 0.493 e. The molecule has 0 aliphatic rings. The van der Waals surface area contributed by atoms with Gasteiger partial charge in [0.05, 0.1) is 20.8 Å². The number of nitrogens with zero attached hydrogens (tertiary/aromatic N) is 1. The molecule has 0 aliphatic carbocycles. The molecule has 0 aliphatic heterocycles. The highest BCUT2D eigenvalue weighted by molar-refractivity contribution is 5.76. The molecule has 6 heteroatoms. The van der Waals surface area contributed by atoms with Gasteiger partial charge in [0.1, 0.15) is 18.2 Å². The Bertz CT molecular complexity index is 718. The van der Waals surface area contributed by atoms with Crippen molar-refractivity contribution in [3.63, 3.8) is 0 Å². The van der Waals surface area contributed by atoms with Gasteiger partial charge < -0.3 is 19.1 Å². The van der Waals surface area contributed by atoms with Gasteiger partial charge in [0.15, 0.2) is 11.5 Å². The summed E-state index contributed by atoms with van der Waals surface area (Å²) in [4.78, 5) is 13.9. The van der Waals surface area contributed by atoms with Crippen molar-refractivity contribution < 1.29 is 23.4 Å². The number of aryl methyl sites for hydroxylation is 1. The molecule has 2 aromatic rings. The van der Waals surface area contributed by atoms with Gasteiger partial charge in [-0.2, -0.15) is 0 Å². The molecule has 140 valence electrons. The van der Waals surface area contributed by atoms with Crippen molar-refractivity contribution in [2.24, 2.45) is 0 Å². The number of hydrogen-bond donors (Lipinski definition) is 0. The molecule has 0 bridgehead atoms. The second-order valence-corrected chi connectivity index (χ2v) is 5.81. The molecule has 2 rings (SSSR count). The number of amides is 1. The Morgan fingerprint density at radius 2 is 1.73 bits per heavy atom. The number of carbonyl (C=O) groups is 1. The van der Waals surface area contributed by atoms with Gasteiger partial charge in [0.25, 0.3) is 0 Å². The molecule has 0 N–H and O–H groups in total. The molecule has 0 saturated heterocycles. The van der Waals surface area contributed by atoms with Crippen LogP contribution in [-0.4, -0.2) is 45.2 Å². The van der Waals surface area contributed by atoms with Crippen LogP contribution in [0.2, 0.25) is 0 Å². The lowest BCUT2D eigenvalue weighted by molar-refractivity contribution is -0.130. The Morgan fingerprint density at radius 3 is 2.38 bits per heavy atom. The standard InChI is InChI=1S/C20H24FNO4/c1-22(12-13-26-17-8-6-16(21)7-9-17)20(23)11-5-15-4-10-18(24-2)19(14-15)25-3/h4,6-10,14H,5,11-13H2,1-3H3. The summed E-state index contributed by atoms with van der Waals surface area (Å²) in [6.07, 6.45) is 1.00. The zero-order valence-corrected chi connectivity index (χ0v) is 15.3. The number of benzene rings is 2. The van der Waals surface area contributed by atoms with Crippen LogP contribution in [0.3, 0.4) is 0 Å². The third-order valence-corrected chi connectivity index (χ3v) is 4.01. The highest BCUT2D eigenvalue weighted by Gasteiger charge is 2.11. The quantitative estimate of drug-likeness (QED) is 0.688. The molecule has 0 atom stereocenters.